The highest BCUT2D eigenvalue weighted by Crippen LogP contribution is 2.30. The number of amides is 2. The second-order valence-corrected chi connectivity index (χ2v) is 5.78. The van der Waals surface area contributed by atoms with Crippen molar-refractivity contribution in [1.82, 2.24) is 0 Å². The molecule has 5 nitrogen and oxygen atoms in total. The van der Waals surface area contributed by atoms with Crippen LogP contribution in [0.5, 0.6) is 0 Å². The van der Waals surface area contributed by atoms with E-state index in [1.165, 1.54) is 0 Å². The van der Waals surface area contributed by atoms with Crippen molar-refractivity contribution in [3.8, 4) is 0 Å². The van der Waals surface area contributed by atoms with Gasteiger partial charge in [-0.25, -0.2) is 0 Å². The lowest BCUT2D eigenvalue weighted by molar-refractivity contribution is -0.117. The summed E-state index contributed by atoms with van der Waals surface area (Å²) in [6.45, 7) is 2.20. The lowest BCUT2D eigenvalue weighted by Gasteiger charge is -2.15. The van der Waals surface area contributed by atoms with Gasteiger partial charge in [0, 0.05) is 30.4 Å². The molecule has 0 spiro atoms. The molecule has 2 aromatic carbocycles. The average molecular weight is 322 g/mol. The van der Waals surface area contributed by atoms with Gasteiger partial charge in [-0.1, -0.05) is 30.3 Å². The van der Waals surface area contributed by atoms with Crippen LogP contribution >= 0.6 is 0 Å². The maximum absolute atomic E-state index is 12.1. The third kappa shape index (κ3) is 3.35. The van der Waals surface area contributed by atoms with Gasteiger partial charge in [0.05, 0.1) is 6.42 Å². The van der Waals surface area contributed by atoms with E-state index in [4.69, 9.17) is 0 Å². The Hall–Kier alpha value is -2.95. The molecule has 0 aromatic heterocycles. The Labute approximate surface area is 140 Å². The second-order valence-electron chi connectivity index (χ2n) is 5.78. The number of hydrogen-bond acceptors (Lipinski definition) is 3. The van der Waals surface area contributed by atoms with Crippen molar-refractivity contribution in [3.63, 3.8) is 0 Å². The predicted molar refractivity (Wildman–Crippen MR) is 92.2 cm³/mol. The number of rotatable bonds is 4. The topological polar surface area (TPSA) is 66.5 Å². The molecule has 0 atom stereocenters. The van der Waals surface area contributed by atoms with E-state index in [1.807, 2.05) is 18.2 Å². The summed E-state index contributed by atoms with van der Waals surface area (Å²) in [6.07, 6.45) is 0.572. The van der Waals surface area contributed by atoms with Crippen molar-refractivity contribution in [2.75, 3.05) is 16.8 Å². The predicted octanol–water partition coefficient (Wildman–Crippen LogP) is 2.81. The van der Waals surface area contributed by atoms with Gasteiger partial charge < -0.3 is 10.2 Å². The van der Waals surface area contributed by atoms with Crippen molar-refractivity contribution in [3.05, 3.63) is 59.7 Å². The third-order valence-electron chi connectivity index (χ3n) is 4.06. The molecule has 1 aliphatic rings. The standard InChI is InChI=1S/C19H18N2O3/c1-13(22)21-10-9-15-11-16(7-8-17(15)21)20-19(24)12-18(23)14-5-3-2-4-6-14/h2-8,11H,9-10,12H2,1H3,(H,20,24). The summed E-state index contributed by atoms with van der Waals surface area (Å²) in [4.78, 5) is 37.4. The third-order valence-corrected chi connectivity index (χ3v) is 4.06. The molecule has 0 aliphatic carbocycles. The zero-order valence-electron chi connectivity index (χ0n) is 13.4. The first-order valence-electron chi connectivity index (χ1n) is 7.84. The van der Waals surface area contributed by atoms with Crippen LogP contribution < -0.4 is 10.2 Å². The van der Waals surface area contributed by atoms with Gasteiger partial charge >= 0.3 is 0 Å². The molecule has 122 valence electrons. The highest BCUT2D eigenvalue weighted by molar-refractivity contribution is 6.11. The molecule has 0 saturated heterocycles. The average Bonchev–Trinajstić information content (AvgIpc) is 2.99. The number of nitrogens with zero attached hydrogens (tertiary/aromatic N) is 1. The van der Waals surface area contributed by atoms with Crippen molar-refractivity contribution in [1.29, 1.82) is 0 Å². The smallest absolute Gasteiger partial charge is 0.232 e. The molecule has 0 fully saturated rings. The molecular formula is C19H18N2O3. The molecule has 5 heteroatoms. The van der Waals surface area contributed by atoms with Crippen LogP contribution in [0.3, 0.4) is 0 Å². The number of anilines is 2. The van der Waals surface area contributed by atoms with Gasteiger partial charge in [0.1, 0.15) is 0 Å². The maximum Gasteiger partial charge on any atom is 0.232 e. The maximum atomic E-state index is 12.1. The molecule has 24 heavy (non-hydrogen) atoms. The lowest BCUT2D eigenvalue weighted by Crippen LogP contribution is -2.25. The summed E-state index contributed by atoms with van der Waals surface area (Å²) in [5, 5.41) is 2.75. The summed E-state index contributed by atoms with van der Waals surface area (Å²) in [5.74, 6) is -0.541. The van der Waals surface area contributed by atoms with Crippen LogP contribution in [0, 0.1) is 0 Å². The number of Topliss-reactive ketones (excluding diaryl/α,β-unsaturated/α-hetero) is 1. The van der Waals surface area contributed by atoms with E-state index in [9.17, 15) is 14.4 Å². The molecule has 0 bridgehead atoms. The van der Waals surface area contributed by atoms with Crippen LogP contribution in [-0.2, 0) is 16.0 Å². The minimum atomic E-state index is -0.342. The van der Waals surface area contributed by atoms with Crippen LogP contribution in [0.15, 0.2) is 48.5 Å². The first-order valence-corrected chi connectivity index (χ1v) is 7.84. The van der Waals surface area contributed by atoms with Gasteiger partial charge in [0.2, 0.25) is 11.8 Å². The SMILES string of the molecule is CC(=O)N1CCc2cc(NC(=O)CC(=O)c3ccccc3)ccc21. The van der Waals surface area contributed by atoms with E-state index in [0.29, 0.717) is 17.8 Å². The zero-order valence-corrected chi connectivity index (χ0v) is 13.4. The van der Waals surface area contributed by atoms with Crippen LogP contribution in [0.1, 0.15) is 29.3 Å². The molecule has 1 heterocycles. The Morgan fingerprint density at radius 3 is 2.54 bits per heavy atom. The Kier molecular flexibility index (Phi) is 4.42. The summed E-state index contributed by atoms with van der Waals surface area (Å²) >= 11 is 0. The summed E-state index contributed by atoms with van der Waals surface area (Å²) in [6, 6.07) is 14.2. The van der Waals surface area contributed by atoms with E-state index in [0.717, 1.165) is 17.7 Å². The molecule has 2 amide bonds. The molecule has 0 unspecified atom stereocenters. The number of fused-ring (bicyclic) bond motifs is 1. The number of nitrogens with one attached hydrogen (secondary N) is 1. The van der Waals surface area contributed by atoms with Gasteiger partial charge in [0.15, 0.2) is 5.78 Å². The van der Waals surface area contributed by atoms with Crippen molar-refractivity contribution in [2.45, 2.75) is 19.8 Å². The number of carbonyl (C=O) groups is 3. The Morgan fingerprint density at radius 2 is 1.83 bits per heavy atom. The van der Waals surface area contributed by atoms with Crippen LogP contribution in [0.2, 0.25) is 0 Å². The van der Waals surface area contributed by atoms with Gasteiger partial charge in [-0.2, -0.15) is 0 Å². The minimum absolute atomic E-state index is 0.0130. The molecule has 3 rings (SSSR count). The van der Waals surface area contributed by atoms with E-state index < -0.39 is 0 Å². The molecule has 1 N–H and O–H groups in total. The highest BCUT2D eigenvalue weighted by atomic mass is 16.2. The zero-order chi connectivity index (χ0) is 17.1. The van der Waals surface area contributed by atoms with E-state index >= 15 is 0 Å². The molecule has 0 radical (unpaired) electrons. The van der Waals surface area contributed by atoms with Crippen LogP contribution in [-0.4, -0.2) is 24.1 Å². The normalized spacial score (nSPS) is 12.6. The first kappa shape index (κ1) is 15.9. The Balaban J connectivity index is 1.65. The summed E-state index contributed by atoms with van der Waals surface area (Å²) in [7, 11) is 0. The van der Waals surface area contributed by atoms with Crippen LogP contribution in [0.4, 0.5) is 11.4 Å². The van der Waals surface area contributed by atoms with Gasteiger partial charge in [0.25, 0.3) is 0 Å². The highest BCUT2D eigenvalue weighted by Gasteiger charge is 2.22. The van der Waals surface area contributed by atoms with E-state index in [1.54, 1.807) is 42.2 Å². The fourth-order valence-corrected chi connectivity index (χ4v) is 2.88. The Morgan fingerprint density at radius 1 is 1.08 bits per heavy atom. The summed E-state index contributed by atoms with van der Waals surface area (Å²) < 4.78 is 0. The summed E-state index contributed by atoms with van der Waals surface area (Å²) in [5.41, 5.74) is 3.09. The van der Waals surface area contributed by atoms with Gasteiger partial charge in [-0.3, -0.25) is 14.4 Å². The quantitative estimate of drug-likeness (QED) is 0.695. The fraction of sp³-hybridized carbons (Fsp3) is 0.211. The van der Waals surface area contributed by atoms with Gasteiger partial charge in [-0.05, 0) is 30.2 Å². The molecule has 1 aliphatic heterocycles. The minimum Gasteiger partial charge on any atom is -0.326 e. The Bertz CT molecular complexity index is 800. The van der Waals surface area contributed by atoms with Crippen LogP contribution in [0.25, 0.3) is 0 Å². The molecule has 0 saturated carbocycles. The number of ketones is 1. The van der Waals surface area contributed by atoms with E-state index in [-0.39, 0.29) is 24.0 Å². The molecular weight excluding hydrogens is 304 g/mol. The van der Waals surface area contributed by atoms with E-state index in [2.05, 4.69) is 5.32 Å². The lowest BCUT2D eigenvalue weighted by atomic mass is 10.1. The number of carbonyl (C=O) groups excluding carboxylic acids is 3. The monoisotopic (exact) mass is 322 g/mol. The molecule has 2 aromatic rings. The fourth-order valence-electron chi connectivity index (χ4n) is 2.88. The van der Waals surface area contributed by atoms with Crippen molar-refractivity contribution < 1.29 is 14.4 Å². The van der Waals surface area contributed by atoms with Crippen molar-refractivity contribution in [2.24, 2.45) is 0 Å². The van der Waals surface area contributed by atoms with Gasteiger partial charge in [-0.15, -0.1) is 0 Å². The second kappa shape index (κ2) is 6.66. The van der Waals surface area contributed by atoms with Crippen molar-refractivity contribution >= 4 is 29.0 Å². The number of benzene rings is 2. The number of hydrogen-bond donors (Lipinski definition) is 1. The first-order chi connectivity index (χ1) is 11.5. The largest absolute Gasteiger partial charge is 0.326 e.